The van der Waals surface area contributed by atoms with Gasteiger partial charge >= 0.3 is 0 Å². The molecule has 0 saturated carbocycles. The van der Waals surface area contributed by atoms with Crippen LogP contribution in [0.2, 0.25) is 0 Å². The molecule has 0 aromatic heterocycles. The third-order valence-corrected chi connectivity index (χ3v) is 2.76. The van der Waals surface area contributed by atoms with Crippen LogP contribution in [0.1, 0.15) is 17.4 Å². The molecule has 1 rings (SSSR count). The van der Waals surface area contributed by atoms with Crippen LogP contribution in [0.25, 0.3) is 0 Å². The van der Waals surface area contributed by atoms with Crippen LogP contribution in [-0.2, 0) is 0 Å². The maximum atomic E-state index is 6.30. The molecule has 84 valence electrons. The first-order chi connectivity index (χ1) is 7.13. The molecule has 0 radical (unpaired) electrons. The minimum absolute atomic E-state index is 0.0579. The minimum Gasteiger partial charge on any atom is -0.497 e. The quantitative estimate of drug-likeness (QED) is 0.718. The van der Waals surface area contributed by atoms with Gasteiger partial charge in [0.2, 0.25) is 0 Å². The number of nitrogens with zero attached hydrogens (tertiary/aromatic N) is 1. The Kier molecular flexibility index (Phi) is 4.92. The van der Waals surface area contributed by atoms with E-state index in [-0.39, 0.29) is 5.38 Å². The summed E-state index contributed by atoms with van der Waals surface area (Å²) in [5.74, 6) is 0.864. The topological polar surface area (TPSA) is 12.5 Å². The largest absolute Gasteiger partial charge is 0.497 e. The Morgan fingerprint density at radius 1 is 1.40 bits per heavy atom. The second kappa shape index (κ2) is 5.99. The molecule has 0 bridgehead atoms. The predicted octanol–water partition coefficient (Wildman–Crippen LogP) is 2.93. The molecule has 0 spiro atoms. The molecule has 2 nitrogen and oxygen atoms in total. The van der Waals surface area contributed by atoms with Crippen LogP contribution < -0.4 is 4.74 Å². The first kappa shape index (κ1) is 12.3. The molecule has 0 heterocycles. The van der Waals surface area contributed by atoms with Crippen molar-refractivity contribution in [1.82, 2.24) is 4.90 Å². The van der Waals surface area contributed by atoms with E-state index in [2.05, 4.69) is 19.0 Å². The minimum atomic E-state index is 0.0579. The van der Waals surface area contributed by atoms with Gasteiger partial charge in [-0.2, -0.15) is 0 Å². The van der Waals surface area contributed by atoms with Crippen molar-refractivity contribution < 1.29 is 4.74 Å². The van der Waals surface area contributed by atoms with Crippen molar-refractivity contribution in [2.75, 3.05) is 27.7 Å². The second-order valence-corrected chi connectivity index (χ2v) is 4.36. The van der Waals surface area contributed by atoms with E-state index in [4.69, 9.17) is 16.3 Å². The number of alkyl halides is 1. The van der Waals surface area contributed by atoms with Crippen molar-refractivity contribution in [2.24, 2.45) is 0 Å². The van der Waals surface area contributed by atoms with Crippen molar-refractivity contribution in [3.8, 4) is 5.75 Å². The van der Waals surface area contributed by atoms with E-state index in [9.17, 15) is 0 Å². The highest BCUT2D eigenvalue weighted by molar-refractivity contribution is 6.20. The van der Waals surface area contributed by atoms with Gasteiger partial charge in [0.1, 0.15) is 5.75 Å². The highest BCUT2D eigenvalue weighted by Crippen LogP contribution is 2.26. The molecule has 0 saturated heterocycles. The first-order valence-corrected chi connectivity index (χ1v) is 5.50. The molecule has 0 aliphatic carbocycles. The van der Waals surface area contributed by atoms with Crippen molar-refractivity contribution in [3.05, 3.63) is 29.8 Å². The first-order valence-electron chi connectivity index (χ1n) is 5.06. The van der Waals surface area contributed by atoms with Crippen LogP contribution in [-0.4, -0.2) is 32.6 Å². The fourth-order valence-electron chi connectivity index (χ4n) is 1.37. The molecule has 0 fully saturated rings. The summed E-state index contributed by atoms with van der Waals surface area (Å²) in [7, 11) is 5.77. The molecule has 1 aromatic carbocycles. The predicted molar refractivity (Wildman–Crippen MR) is 64.8 cm³/mol. The average molecular weight is 228 g/mol. The number of halogens is 1. The Hall–Kier alpha value is -0.730. The van der Waals surface area contributed by atoms with Gasteiger partial charge in [0, 0.05) is 0 Å². The zero-order valence-electron chi connectivity index (χ0n) is 9.53. The van der Waals surface area contributed by atoms with E-state index in [1.807, 2.05) is 24.3 Å². The van der Waals surface area contributed by atoms with Crippen molar-refractivity contribution >= 4 is 11.6 Å². The third-order valence-electron chi connectivity index (χ3n) is 2.29. The molecule has 15 heavy (non-hydrogen) atoms. The normalized spacial score (nSPS) is 12.9. The second-order valence-electron chi connectivity index (χ2n) is 3.84. The van der Waals surface area contributed by atoms with Crippen LogP contribution in [0.3, 0.4) is 0 Å². The summed E-state index contributed by atoms with van der Waals surface area (Å²) in [5.41, 5.74) is 1.12. The summed E-state index contributed by atoms with van der Waals surface area (Å²) in [6.45, 7) is 0.991. The van der Waals surface area contributed by atoms with Crippen LogP contribution in [0, 0.1) is 0 Å². The van der Waals surface area contributed by atoms with Crippen molar-refractivity contribution in [2.45, 2.75) is 11.8 Å². The SMILES string of the molecule is COc1cccc(C(Cl)CCN(C)C)c1. The van der Waals surface area contributed by atoms with E-state index in [0.29, 0.717) is 0 Å². The molecular weight excluding hydrogens is 210 g/mol. The highest BCUT2D eigenvalue weighted by atomic mass is 35.5. The standard InChI is InChI=1S/C12H18ClNO/c1-14(2)8-7-12(13)10-5-4-6-11(9-10)15-3/h4-6,9,12H,7-8H2,1-3H3. The number of benzene rings is 1. The fourth-order valence-corrected chi connectivity index (χ4v) is 1.61. The maximum absolute atomic E-state index is 6.30. The Morgan fingerprint density at radius 3 is 2.73 bits per heavy atom. The lowest BCUT2D eigenvalue weighted by Gasteiger charge is -2.14. The molecule has 0 N–H and O–H groups in total. The number of rotatable bonds is 5. The van der Waals surface area contributed by atoms with Gasteiger partial charge in [0.15, 0.2) is 0 Å². The third kappa shape index (κ3) is 4.10. The Morgan fingerprint density at radius 2 is 2.13 bits per heavy atom. The van der Waals surface area contributed by atoms with Crippen LogP contribution in [0.15, 0.2) is 24.3 Å². The molecule has 1 atom stereocenters. The summed E-state index contributed by atoms with van der Waals surface area (Å²) < 4.78 is 5.16. The lowest BCUT2D eigenvalue weighted by Crippen LogP contribution is -2.14. The van der Waals surface area contributed by atoms with Gasteiger partial charge in [-0.25, -0.2) is 0 Å². The number of hydrogen-bond donors (Lipinski definition) is 0. The number of hydrogen-bond acceptors (Lipinski definition) is 2. The molecule has 3 heteroatoms. The highest BCUT2D eigenvalue weighted by Gasteiger charge is 2.08. The monoisotopic (exact) mass is 227 g/mol. The Labute approximate surface area is 96.8 Å². The van der Waals surface area contributed by atoms with Gasteiger partial charge in [-0.05, 0) is 44.8 Å². The summed E-state index contributed by atoms with van der Waals surface area (Å²) >= 11 is 6.30. The summed E-state index contributed by atoms with van der Waals surface area (Å²) in [6.07, 6.45) is 0.946. The average Bonchev–Trinajstić information content (AvgIpc) is 2.26. The smallest absolute Gasteiger partial charge is 0.119 e. The van der Waals surface area contributed by atoms with E-state index in [1.54, 1.807) is 7.11 Å². The zero-order valence-corrected chi connectivity index (χ0v) is 10.3. The number of methoxy groups -OCH3 is 1. The van der Waals surface area contributed by atoms with Crippen molar-refractivity contribution in [3.63, 3.8) is 0 Å². The molecule has 0 aliphatic heterocycles. The fraction of sp³-hybridized carbons (Fsp3) is 0.500. The molecule has 0 aliphatic rings. The van der Waals surface area contributed by atoms with Gasteiger partial charge < -0.3 is 9.64 Å². The molecule has 0 amide bonds. The molecular formula is C12H18ClNO. The van der Waals surface area contributed by atoms with Crippen molar-refractivity contribution in [1.29, 1.82) is 0 Å². The van der Waals surface area contributed by atoms with Crippen LogP contribution in [0.5, 0.6) is 5.75 Å². The van der Waals surface area contributed by atoms with Crippen LogP contribution in [0.4, 0.5) is 0 Å². The van der Waals surface area contributed by atoms with E-state index in [1.165, 1.54) is 0 Å². The van der Waals surface area contributed by atoms with Gasteiger partial charge in [-0.15, -0.1) is 11.6 Å². The lowest BCUT2D eigenvalue weighted by molar-refractivity contribution is 0.396. The van der Waals surface area contributed by atoms with Gasteiger partial charge in [-0.1, -0.05) is 12.1 Å². The summed E-state index contributed by atoms with van der Waals surface area (Å²) in [5, 5.41) is 0.0579. The number of ether oxygens (including phenoxy) is 1. The van der Waals surface area contributed by atoms with Gasteiger partial charge in [0.25, 0.3) is 0 Å². The van der Waals surface area contributed by atoms with Gasteiger partial charge in [0.05, 0.1) is 12.5 Å². The van der Waals surface area contributed by atoms with E-state index >= 15 is 0 Å². The molecule has 1 aromatic rings. The lowest BCUT2D eigenvalue weighted by atomic mass is 10.1. The van der Waals surface area contributed by atoms with Gasteiger partial charge in [-0.3, -0.25) is 0 Å². The molecule has 1 unspecified atom stereocenters. The van der Waals surface area contributed by atoms with Crippen LogP contribution >= 0.6 is 11.6 Å². The van der Waals surface area contributed by atoms with E-state index < -0.39 is 0 Å². The Bertz CT molecular complexity index is 301. The maximum Gasteiger partial charge on any atom is 0.119 e. The zero-order chi connectivity index (χ0) is 11.3. The summed E-state index contributed by atoms with van der Waals surface area (Å²) in [4.78, 5) is 2.13. The Balaban J connectivity index is 2.60. The summed E-state index contributed by atoms with van der Waals surface area (Å²) in [6, 6.07) is 7.93. The van der Waals surface area contributed by atoms with E-state index in [0.717, 1.165) is 24.3 Å².